The maximum Gasteiger partial charge on any atom is 0.326 e. The first kappa shape index (κ1) is 17.9. The van der Waals surface area contributed by atoms with Crippen LogP contribution in [0.25, 0.3) is 0 Å². The average Bonchev–Trinajstić information content (AvgIpc) is 2.93. The van der Waals surface area contributed by atoms with Gasteiger partial charge < -0.3 is 10.0 Å². The van der Waals surface area contributed by atoms with E-state index < -0.39 is 27.9 Å². The van der Waals surface area contributed by atoms with E-state index in [4.69, 9.17) is 5.14 Å². The molecule has 0 unspecified atom stereocenters. The normalized spacial score (nSPS) is 26.3. The van der Waals surface area contributed by atoms with Gasteiger partial charge in [0.2, 0.25) is 10.0 Å². The fraction of sp³-hybridized carbons (Fsp3) is 0.529. The van der Waals surface area contributed by atoms with E-state index >= 15 is 0 Å². The molecule has 1 aromatic carbocycles. The molecule has 1 saturated heterocycles. The molecule has 1 heterocycles. The van der Waals surface area contributed by atoms with Gasteiger partial charge in [-0.15, -0.1) is 0 Å². The molecule has 0 spiro atoms. The molecule has 1 amide bonds. The molecule has 1 saturated carbocycles. The number of hydrogen-bond donors (Lipinski definition) is 2. The molecule has 2 aliphatic rings. The van der Waals surface area contributed by atoms with E-state index in [-0.39, 0.29) is 22.4 Å². The second kappa shape index (κ2) is 6.42. The smallest absolute Gasteiger partial charge is 0.326 e. The number of aryl methyl sites for hydroxylation is 1. The minimum absolute atomic E-state index is 0.0958. The highest BCUT2D eigenvalue weighted by Crippen LogP contribution is 2.40. The number of likely N-dealkylation sites (tertiary alicyclic amines) is 1. The minimum atomic E-state index is -3.95. The van der Waals surface area contributed by atoms with Crippen molar-refractivity contribution in [1.82, 2.24) is 4.90 Å². The van der Waals surface area contributed by atoms with Crippen molar-refractivity contribution in [2.45, 2.75) is 56.0 Å². The number of hydrogen-bond acceptors (Lipinski definition) is 4. The maximum absolute atomic E-state index is 13.0. The van der Waals surface area contributed by atoms with Crippen LogP contribution in [0.2, 0.25) is 0 Å². The number of fused-ring (bicyclic) bond motifs is 1. The third kappa shape index (κ3) is 3.28. The van der Waals surface area contributed by atoms with Crippen molar-refractivity contribution in [3.8, 4) is 0 Å². The van der Waals surface area contributed by atoms with Crippen molar-refractivity contribution in [3.05, 3.63) is 29.3 Å². The number of benzene rings is 1. The fourth-order valence-corrected chi connectivity index (χ4v) is 4.97. The van der Waals surface area contributed by atoms with Gasteiger partial charge in [0.05, 0.1) is 4.90 Å². The van der Waals surface area contributed by atoms with Crippen molar-refractivity contribution in [1.29, 1.82) is 0 Å². The average molecular weight is 366 g/mol. The third-order valence-corrected chi connectivity index (χ3v) is 6.40. The lowest BCUT2D eigenvalue weighted by atomic mass is 9.84. The van der Waals surface area contributed by atoms with Gasteiger partial charge in [-0.05, 0) is 49.8 Å². The number of nitrogens with two attached hydrogens (primary N) is 1. The molecule has 0 radical (unpaired) electrons. The SMILES string of the molecule is Cc1ccc(C(=O)N2[C@@H]3CCCC[C@H]3C[C@H]2C(=O)O)cc1S(N)(=O)=O. The van der Waals surface area contributed by atoms with Crippen LogP contribution in [0.5, 0.6) is 0 Å². The van der Waals surface area contributed by atoms with E-state index in [0.717, 1.165) is 25.7 Å². The summed E-state index contributed by atoms with van der Waals surface area (Å²) >= 11 is 0. The predicted molar refractivity (Wildman–Crippen MR) is 90.5 cm³/mol. The van der Waals surface area contributed by atoms with Crippen molar-refractivity contribution in [3.63, 3.8) is 0 Å². The summed E-state index contributed by atoms with van der Waals surface area (Å²) in [7, 11) is -3.95. The topological polar surface area (TPSA) is 118 Å². The van der Waals surface area contributed by atoms with E-state index in [1.165, 1.54) is 23.1 Å². The zero-order chi connectivity index (χ0) is 18.4. The van der Waals surface area contributed by atoms with Crippen LogP contribution in [0.15, 0.2) is 23.1 Å². The largest absolute Gasteiger partial charge is 0.480 e. The van der Waals surface area contributed by atoms with Crippen LogP contribution >= 0.6 is 0 Å². The van der Waals surface area contributed by atoms with Gasteiger partial charge in [-0.2, -0.15) is 0 Å². The Hall–Kier alpha value is -1.93. The summed E-state index contributed by atoms with van der Waals surface area (Å²) in [5, 5.41) is 14.8. The molecule has 0 bridgehead atoms. The highest BCUT2D eigenvalue weighted by molar-refractivity contribution is 7.89. The van der Waals surface area contributed by atoms with Crippen molar-refractivity contribution >= 4 is 21.9 Å². The third-order valence-electron chi connectivity index (χ3n) is 5.35. The van der Waals surface area contributed by atoms with Crippen LogP contribution in [-0.2, 0) is 14.8 Å². The maximum atomic E-state index is 13.0. The van der Waals surface area contributed by atoms with Gasteiger partial charge in [-0.1, -0.05) is 18.9 Å². The Balaban J connectivity index is 1.99. The Morgan fingerprint density at radius 1 is 1.24 bits per heavy atom. The first-order valence-electron chi connectivity index (χ1n) is 8.39. The Bertz CT molecular complexity index is 820. The monoisotopic (exact) mass is 366 g/mol. The van der Waals surface area contributed by atoms with Crippen LogP contribution in [0.1, 0.15) is 48.0 Å². The van der Waals surface area contributed by atoms with Crippen molar-refractivity contribution in [2.24, 2.45) is 11.1 Å². The van der Waals surface area contributed by atoms with Gasteiger partial charge >= 0.3 is 5.97 Å². The van der Waals surface area contributed by atoms with Crippen molar-refractivity contribution < 1.29 is 23.1 Å². The Kier molecular flexibility index (Phi) is 4.59. The van der Waals surface area contributed by atoms with Crippen molar-refractivity contribution in [2.75, 3.05) is 0 Å². The van der Waals surface area contributed by atoms with E-state index in [1.807, 2.05) is 0 Å². The molecule has 136 valence electrons. The predicted octanol–water partition coefficient (Wildman–Crippen LogP) is 1.50. The summed E-state index contributed by atoms with van der Waals surface area (Å²) in [6.45, 7) is 1.60. The summed E-state index contributed by atoms with van der Waals surface area (Å²) in [5.41, 5.74) is 0.609. The van der Waals surface area contributed by atoms with E-state index in [2.05, 4.69) is 0 Å². The zero-order valence-corrected chi connectivity index (χ0v) is 14.8. The minimum Gasteiger partial charge on any atom is -0.480 e. The van der Waals surface area contributed by atoms with Gasteiger partial charge in [-0.25, -0.2) is 18.4 Å². The molecule has 1 aliphatic carbocycles. The molecule has 3 atom stereocenters. The molecular formula is C17H22N2O5S. The lowest BCUT2D eigenvalue weighted by molar-refractivity contribution is -0.141. The van der Waals surface area contributed by atoms with E-state index in [9.17, 15) is 23.1 Å². The molecule has 8 heteroatoms. The van der Waals surface area contributed by atoms with Gasteiger partial charge in [0.1, 0.15) is 6.04 Å². The molecule has 3 N–H and O–H groups in total. The fourth-order valence-electron chi connectivity index (χ4n) is 4.16. The molecule has 1 aromatic rings. The number of nitrogens with zero attached hydrogens (tertiary/aromatic N) is 1. The molecule has 2 fully saturated rings. The number of amides is 1. The quantitative estimate of drug-likeness (QED) is 0.840. The number of carbonyl (C=O) groups is 2. The summed E-state index contributed by atoms with van der Waals surface area (Å²) in [6, 6.07) is 3.35. The molecular weight excluding hydrogens is 344 g/mol. The van der Waals surface area contributed by atoms with Gasteiger partial charge in [0.15, 0.2) is 0 Å². The van der Waals surface area contributed by atoms with Crippen LogP contribution < -0.4 is 5.14 Å². The molecule has 0 aromatic heterocycles. The second-order valence-corrected chi connectivity index (χ2v) is 8.47. The number of aliphatic carboxylic acids is 1. The summed E-state index contributed by atoms with van der Waals surface area (Å²) in [6.07, 6.45) is 4.19. The van der Waals surface area contributed by atoms with E-state index in [1.54, 1.807) is 6.92 Å². The summed E-state index contributed by atoms with van der Waals surface area (Å²) < 4.78 is 23.4. The molecule has 7 nitrogen and oxygen atoms in total. The number of sulfonamides is 1. The highest BCUT2D eigenvalue weighted by Gasteiger charge is 2.47. The second-order valence-electron chi connectivity index (χ2n) is 6.94. The van der Waals surface area contributed by atoms with Crippen LogP contribution in [0.3, 0.4) is 0 Å². The Morgan fingerprint density at radius 3 is 2.56 bits per heavy atom. The van der Waals surface area contributed by atoms with Gasteiger partial charge in [0.25, 0.3) is 5.91 Å². The molecule has 3 rings (SSSR count). The zero-order valence-electron chi connectivity index (χ0n) is 14.0. The first-order chi connectivity index (χ1) is 11.7. The van der Waals surface area contributed by atoms with Crippen LogP contribution in [-0.4, -0.2) is 42.4 Å². The Morgan fingerprint density at radius 2 is 1.92 bits per heavy atom. The lowest BCUT2D eigenvalue weighted by Crippen LogP contribution is -2.46. The van der Waals surface area contributed by atoms with Crippen LogP contribution in [0.4, 0.5) is 0 Å². The van der Waals surface area contributed by atoms with Gasteiger partial charge in [0, 0.05) is 11.6 Å². The van der Waals surface area contributed by atoms with E-state index in [0.29, 0.717) is 12.0 Å². The standard InChI is InChI=1S/C17H22N2O5S/c1-10-6-7-12(9-15(10)25(18,23)24)16(20)19-13-5-3-2-4-11(13)8-14(19)17(21)22/h6-7,9,11,13-14H,2-5,8H2,1H3,(H,21,22)(H2,18,23,24)/t11-,13+,14-/m0/s1. The number of carbonyl (C=O) groups excluding carboxylic acids is 1. The molecule has 1 aliphatic heterocycles. The number of rotatable bonds is 3. The summed E-state index contributed by atoms with van der Waals surface area (Å²) in [5.74, 6) is -1.25. The number of primary sulfonamides is 1. The highest BCUT2D eigenvalue weighted by atomic mass is 32.2. The molecule has 25 heavy (non-hydrogen) atoms. The summed E-state index contributed by atoms with van der Waals surface area (Å²) in [4.78, 5) is 26.0. The van der Waals surface area contributed by atoms with Gasteiger partial charge in [-0.3, -0.25) is 4.79 Å². The number of carboxylic acids is 1. The Labute approximate surface area is 146 Å². The first-order valence-corrected chi connectivity index (χ1v) is 9.93. The number of carboxylic acid groups (broad SMARTS) is 1. The van der Waals surface area contributed by atoms with Crippen LogP contribution in [0, 0.1) is 12.8 Å². The lowest BCUT2D eigenvalue weighted by Gasteiger charge is -2.33.